The highest BCUT2D eigenvalue weighted by atomic mass is 35.5. The van der Waals surface area contributed by atoms with Gasteiger partial charge in [0.15, 0.2) is 0 Å². The number of carbonyl (C=O) groups is 1. The summed E-state index contributed by atoms with van der Waals surface area (Å²) in [6.07, 6.45) is 5.78. The molecule has 8 heteroatoms. The molecule has 1 amide bonds. The largest absolute Gasteiger partial charge is 0.496 e. The monoisotopic (exact) mass is 585 g/mol. The van der Waals surface area contributed by atoms with Gasteiger partial charge in [0.1, 0.15) is 22.3 Å². The third-order valence-electron chi connectivity index (χ3n) is 7.60. The number of methoxy groups -OCH3 is 1. The molecular formula is C31H30ClF2NO2S2. The summed E-state index contributed by atoms with van der Waals surface area (Å²) in [7, 11) is 1.62. The molecule has 1 aromatic heterocycles. The number of amides is 1. The van der Waals surface area contributed by atoms with Gasteiger partial charge < -0.3 is 9.64 Å². The minimum absolute atomic E-state index is 0.0171. The van der Waals surface area contributed by atoms with Gasteiger partial charge in [0.05, 0.1) is 22.2 Å². The maximum Gasteiger partial charge on any atom is 0.266 e. The zero-order valence-corrected chi connectivity index (χ0v) is 24.5. The van der Waals surface area contributed by atoms with Gasteiger partial charge >= 0.3 is 0 Å². The average molecular weight is 586 g/mol. The number of hydrogen-bond donors (Lipinski definition) is 0. The summed E-state index contributed by atoms with van der Waals surface area (Å²) in [5.74, 6) is -0.252. The highest BCUT2D eigenvalue weighted by Gasteiger charge is 2.32. The molecule has 4 aromatic rings. The molecule has 0 unspecified atom stereocenters. The number of thioether (sulfide) groups is 1. The van der Waals surface area contributed by atoms with E-state index in [2.05, 4.69) is 25.1 Å². The summed E-state index contributed by atoms with van der Waals surface area (Å²) in [4.78, 5) is 17.3. The van der Waals surface area contributed by atoms with Crippen LogP contribution in [0.5, 0.6) is 5.75 Å². The molecule has 1 fully saturated rings. The number of hydrogen-bond acceptors (Lipinski definition) is 4. The van der Waals surface area contributed by atoms with Crippen molar-refractivity contribution in [1.82, 2.24) is 4.90 Å². The van der Waals surface area contributed by atoms with E-state index in [1.165, 1.54) is 0 Å². The first-order chi connectivity index (χ1) is 18.8. The fourth-order valence-corrected chi connectivity index (χ4v) is 7.55. The van der Waals surface area contributed by atoms with Crippen molar-refractivity contribution in [1.29, 1.82) is 0 Å². The molecule has 1 aliphatic carbocycles. The maximum absolute atomic E-state index is 14.6. The second-order valence-electron chi connectivity index (χ2n) is 10.1. The smallest absolute Gasteiger partial charge is 0.266 e. The van der Waals surface area contributed by atoms with Crippen LogP contribution in [0.4, 0.5) is 8.78 Å². The van der Waals surface area contributed by atoms with Crippen LogP contribution in [0.3, 0.4) is 0 Å². The molecule has 5 rings (SSSR count). The third kappa shape index (κ3) is 5.54. The van der Waals surface area contributed by atoms with Gasteiger partial charge in [-0.25, -0.2) is 8.78 Å². The average Bonchev–Trinajstić information content (AvgIpc) is 3.32. The summed E-state index contributed by atoms with van der Waals surface area (Å²) < 4.78 is 35.0. The molecule has 204 valence electrons. The van der Waals surface area contributed by atoms with Gasteiger partial charge in [-0.3, -0.25) is 4.79 Å². The van der Waals surface area contributed by atoms with Gasteiger partial charge in [0, 0.05) is 23.0 Å². The minimum Gasteiger partial charge on any atom is -0.496 e. The van der Waals surface area contributed by atoms with Gasteiger partial charge in [-0.1, -0.05) is 42.8 Å². The van der Waals surface area contributed by atoms with Gasteiger partial charge in [-0.2, -0.15) is 0 Å². The third-order valence-corrected chi connectivity index (χ3v) is 10.1. The van der Waals surface area contributed by atoms with Crippen LogP contribution >= 0.6 is 34.7 Å². The van der Waals surface area contributed by atoms with E-state index in [-0.39, 0.29) is 31.9 Å². The minimum atomic E-state index is -0.633. The number of thiophene rings is 1. The summed E-state index contributed by atoms with van der Waals surface area (Å²) in [6, 6.07) is 16.3. The SMILES string of the molecule is COc1ccc(-c2ccccc2SC)cc1CN(C(=O)c1sc2c(F)ccc(F)c2c1Cl)[C@H]1CC[C@H](C)CC1. The van der Waals surface area contributed by atoms with Crippen molar-refractivity contribution in [3.63, 3.8) is 0 Å². The second kappa shape index (κ2) is 11.9. The molecule has 3 nitrogen and oxygen atoms in total. The Balaban J connectivity index is 1.58. The van der Waals surface area contributed by atoms with Crippen LogP contribution in [0.2, 0.25) is 5.02 Å². The molecule has 0 N–H and O–H groups in total. The molecule has 0 spiro atoms. The zero-order chi connectivity index (χ0) is 27.7. The Morgan fingerprint density at radius 2 is 1.79 bits per heavy atom. The normalized spacial score (nSPS) is 17.4. The number of ether oxygens (including phenoxy) is 1. The lowest BCUT2D eigenvalue weighted by molar-refractivity contribution is 0.0597. The van der Waals surface area contributed by atoms with Crippen LogP contribution in [0.15, 0.2) is 59.5 Å². The number of nitrogens with zero attached hydrogens (tertiary/aromatic N) is 1. The van der Waals surface area contributed by atoms with Crippen LogP contribution in [-0.2, 0) is 6.54 Å². The fraction of sp³-hybridized carbons (Fsp3) is 0.323. The van der Waals surface area contributed by atoms with Crippen LogP contribution in [-0.4, -0.2) is 30.2 Å². The summed E-state index contributed by atoms with van der Waals surface area (Å²) in [6.45, 7) is 2.53. The van der Waals surface area contributed by atoms with Crippen LogP contribution in [0.25, 0.3) is 21.2 Å². The molecule has 3 aromatic carbocycles. The Bertz CT molecular complexity index is 1510. The van der Waals surface area contributed by atoms with Crippen molar-refractivity contribution in [2.45, 2.75) is 50.1 Å². The topological polar surface area (TPSA) is 29.5 Å². The first-order valence-corrected chi connectivity index (χ1v) is 15.4. The number of fused-ring (bicyclic) bond motifs is 1. The Hall–Kier alpha value is -2.61. The lowest BCUT2D eigenvalue weighted by Crippen LogP contribution is -2.41. The number of rotatable bonds is 7. The van der Waals surface area contributed by atoms with E-state index < -0.39 is 11.6 Å². The van der Waals surface area contributed by atoms with E-state index in [9.17, 15) is 13.6 Å². The molecule has 0 atom stereocenters. The van der Waals surface area contributed by atoms with Crippen LogP contribution in [0.1, 0.15) is 47.8 Å². The van der Waals surface area contributed by atoms with Gasteiger partial charge in [-0.05, 0) is 79.3 Å². The molecule has 0 radical (unpaired) electrons. The first-order valence-electron chi connectivity index (χ1n) is 13.0. The van der Waals surface area contributed by atoms with E-state index in [1.54, 1.807) is 18.9 Å². The van der Waals surface area contributed by atoms with Gasteiger partial charge in [0.2, 0.25) is 0 Å². The lowest BCUT2D eigenvalue weighted by Gasteiger charge is -2.36. The maximum atomic E-state index is 14.6. The molecule has 1 aliphatic rings. The summed E-state index contributed by atoms with van der Waals surface area (Å²) >= 11 is 9.16. The van der Waals surface area contributed by atoms with E-state index in [1.807, 2.05) is 35.4 Å². The van der Waals surface area contributed by atoms with Crippen LogP contribution in [0, 0.1) is 17.6 Å². The molecule has 39 heavy (non-hydrogen) atoms. The highest BCUT2D eigenvalue weighted by Crippen LogP contribution is 2.41. The Morgan fingerprint density at radius 1 is 1.08 bits per heavy atom. The molecule has 1 saturated carbocycles. The predicted molar refractivity (Wildman–Crippen MR) is 158 cm³/mol. The Morgan fingerprint density at radius 3 is 2.49 bits per heavy atom. The Labute approximate surface area is 241 Å². The van der Waals surface area contributed by atoms with Crippen molar-refractivity contribution < 1.29 is 18.3 Å². The lowest BCUT2D eigenvalue weighted by atomic mass is 9.86. The molecular weight excluding hydrogens is 556 g/mol. The van der Waals surface area contributed by atoms with Crippen LogP contribution < -0.4 is 4.74 Å². The van der Waals surface area contributed by atoms with Crippen molar-refractivity contribution >= 4 is 50.7 Å². The summed E-state index contributed by atoms with van der Waals surface area (Å²) in [5.41, 5.74) is 3.01. The standard InChI is InChI=1S/C31H30ClF2NO2S2/c1-18-8-11-21(12-9-18)35(31(36)30-28(32)27-23(33)13-14-24(34)29(27)39-30)17-20-16-19(10-15-25(20)37-2)22-6-4-5-7-26(22)38-3/h4-7,10,13-16,18,21H,8-9,11-12,17H2,1-3H3/t18-,21-. The van der Waals surface area contributed by atoms with Gasteiger partial charge in [-0.15, -0.1) is 23.1 Å². The highest BCUT2D eigenvalue weighted by molar-refractivity contribution is 7.98. The van der Waals surface area contributed by atoms with Crippen molar-refractivity contribution in [2.24, 2.45) is 5.92 Å². The van der Waals surface area contributed by atoms with Crippen molar-refractivity contribution in [3.05, 3.63) is 81.7 Å². The quantitative estimate of drug-likeness (QED) is 0.202. The number of benzene rings is 3. The molecule has 0 aliphatic heterocycles. The predicted octanol–water partition coefficient (Wildman–Crippen LogP) is 9.45. The number of halogens is 3. The molecule has 1 heterocycles. The van der Waals surface area contributed by atoms with E-state index in [0.29, 0.717) is 18.2 Å². The van der Waals surface area contributed by atoms with E-state index in [0.717, 1.165) is 70.7 Å². The molecule has 0 saturated heterocycles. The van der Waals surface area contributed by atoms with Crippen molar-refractivity contribution in [3.8, 4) is 16.9 Å². The molecule has 0 bridgehead atoms. The summed E-state index contributed by atoms with van der Waals surface area (Å²) in [5, 5.41) is -0.0590. The van der Waals surface area contributed by atoms with Crippen molar-refractivity contribution in [2.75, 3.05) is 13.4 Å². The first kappa shape index (κ1) is 27.9. The van der Waals surface area contributed by atoms with E-state index >= 15 is 0 Å². The van der Waals surface area contributed by atoms with Gasteiger partial charge in [0.25, 0.3) is 5.91 Å². The number of carbonyl (C=O) groups excluding carboxylic acids is 1. The Kier molecular flexibility index (Phi) is 8.50. The van der Waals surface area contributed by atoms with E-state index in [4.69, 9.17) is 16.3 Å². The fourth-order valence-electron chi connectivity index (χ4n) is 5.42. The zero-order valence-electron chi connectivity index (χ0n) is 22.1. The second-order valence-corrected chi connectivity index (χ2v) is 12.3.